The molecule has 0 saturated carbocycles. The number of hydrogen-bond donors (Lipinski definition) is 0. The molecule has 4 aromatic carbocycles. The lowest BCUT2D eigenvalue weighted by atomic mass is 10.0. The van der Waals surface area contributed by atoms with E-state index in [0.717, 1.165) is 45.0 Å². The fourth-order valence-electron chi connectivity index (χ4n) is 4.18. The summed E-state index contributed by atoms with van der Waals surface area (Å²) in [6.45, 7) is 0. The first kappa shape index (κ1) is 22.4. The number of aromatic nitrogens is 6. The van der Waals surface area contributed by atoms with E-state index in [0.29, 0.717) is 18.1 Å². The molecule has 6 heteroatoms. The van der Waals surface area contributed by atoms with E-state index in [2.05, 4.69) is 20.4 Å². The molecule has 0 fully saturated rings. The van der Waals surface area contributed by atoms with Crippen LogP contribution < -0.4 is 0 Å². The second kappa shape index (κ2) is 10.3. The molecule has 0 saturated heterocycles. The molecular formula is C31H22N6. The Labute approximate surface area is 214 Å². The fourth-order valence-corrected chi connectivity index (χ4v) is 4.18. The SMILES string of the molecule is c1ccc(-c2nnc(-c3ccccc3)c(Cc3nc(-c4ccccc4)nnc3-c3ccccc3)n2)cc1. The van der Waals surface area contributed by atoms with Crippen LogP contribution in [0.1, 0.15) is 11.4 Å². The van der Waals surface area contributed by atoms with Crippen LogP contribution in [0.3, 0.4) is 0 Å². The van der Waals surface area contributed by atoms with Gasteiger partial charge in [0.05, 0.1) is 11.4 Å². The molecule has 0 atom stereocenters. The molecule has 0 radical (unpaired) electrons. The predicted octanol–water partition coefficient (Wildman–Crippen LogP) is 6.32. The quantitative estimate of drug-likeness (QED) is 0.279. The van der Waals surface area contributed by atoms with E-state index in [1.54, 1.807) is 0 Å². The largest absolute Gasteiger partial charge is 0.229 e. The van der Waals surface area contributed by atoms with Crippen LogP contribution in [-0.2, 0) is 6.42 Å². The molecule has 6 rings (SSSR count). The smallest absolute Gasteiger partial charge is 0.182 e. The molecule has 0 bridgehead atoms. The van der Waals surface area contributed by atoms with Crippen molar-refractivity contribution in [2.24, 2.45) is 0 Å². The van der Waals surface area contributed by atoms with Gasteiger partial charge in [0.2, 0.25) is 0 Å². The first-order chi connectivity index (χ1) is 18.3. The van der Waals surface area contributed by atoms with Crippen LogP contribution in [0.2, 0.25) is 0 Å². The molecule has 0 aliphatic carbocycles. The van der Waals surface area contributed by atoms with Crippen molar-refractivity contribution in [2.45, 2.75) is 6.42 Å². The number of nitrogens with zero attached hydrogens (tertiary/aromatic N) is 6. The van der Waals surface area contributed by atoms with Crippen LogP contribution in [0.4, 0.5) is 0 Å². The van der Waals surface area contributed by atoms with Gasteiger partial charge in [-0.25, -0.2) is 9.97 Å². The van der Waals surface area contributed by atoms with Crippen LogP contribution in [0.25, 0.3) is 45.3 Å². The zero-order valence-electron chi connectivity index (χ0n) is 19.9. The van der Waals surface area contributed by atoms with Gasteiger partial charge in [-0.15, -0.1) is 20.4 Å². The first-order valence-electron chi connectivity index (χ1n) is 12.0. The average molecular weight is 479 g/mol. The van der Waals surface area contributed by atoms with Gasteiger partial charge < -0.3 is 0 Å². The number of benzene rings is 4. The van der Waals surface area contributed by atoms with Crippen molar-refractivity contribution in [1.29, 1.82) is 0 Å². The molecular weight excluding hydrogens is 456 g/mol. The summed E-state index contributed by atoms with van der Waals surface area (Å²) in [5.74, 6) is 1.14. The molecule has 6 aromatic rings. The zero-order chi connectivity index (χ0) is 24.9. The average Bonchev–Trinajstić information content (AvgIpc) is 2.99. The Morgan fingerprint density at radius 3 is 1.03 bits per heavy atom. The minimum Gasteiger partial charge on any atom is -0.229 e. The van der Waals surface area contributed by atoms with Gasteiger partial charge in [0.1, 0.15) is 11.4 Å². The van der Waals surface area contributed by atoms with Crippen molar-refractivity contribution in [3.8, 4) is 45.3 Å². The van der Waals surface area contributed by atoms with E-state index in [-0.39, 0.29) is 0 Å². The lowest BCUT2D eigenvalue weighted by Gasteiger charge is -2.12. The van der Waals surface area contributed by atoms with Crippen molar-refractivity contribution in [1.82, 2.24) is 30.4 Å². The van der Waals surface area contributed by atoms with E-state index < -0.39 is 0 Å². The van der Waals surface area contributed by atoms with Crippen molar-refractivity contribution >= 4 is 0 Å². The second-order valence-corrected chi connectivity index (χ2v) is 8.50. The van der Waals surface area contributed by atoms with Crippen molar-refractivity contribution in [3.05, 3.63) is 133 Å². The Morgan fingerprint density at radius 2 is 0.676 bits per heavy atom. The normalized spacial score (nSPS) is 10.8. The standard InChI is InChI=1S/C31H22N6/c1-5-13-22(14-6-1)28-26(32-30(36-34-28)24-17-9-3-10-18-24)21-27-29(23-15-7-2-8-16-23)35-37-31(33-27)25-19-11-4-12-20-25/h1-20H,21H2. The molecule has 37 heavy (non-hydrogen) atoms. The highest BCUT2D eigenvalue weighted by Crippen LogP contribution is 2.28. The van der Waals surface area contributed by atoms with Gasteiger partial charge in [-0.05, 0) is 0 Å². The first-order valence-corrected chi connectivity index (χ1v) is 12.0. The molecule has 2 aromatic heterocycles. The molecule has 176 valence electrons. The summed E-state index contributed by atoms with van der Waals surface area (Å²) in [5, 5.41) is 18.2. The van der Waals surface area contributed by atoms with Gasteiger partial charge in [0, 0.05) is 28.7 Å². The minimum atomic E-state index is 0.416. The number of rotatable bonds is 6. The Kier molecular flexibility index (Phi) is 6.20. The van der Waals surface area contributed by atoms with E-state index in [4.69, 9.17) is 9.97 Å². The molecule has 0 aliphatic rings. The lowest BCUT2D eigenvalue weighted by Crippen LogP contribution is -2.08. The van der Waals surface area contributed by atoms with Crippen LogP contribution in [0, 0.1) is 0 Å². The third kappa shape index (κ3) is 4.86. The van der Waals surface area contributed by atoms with Crippen molar-refractivity contribution in [3.63, 3.8) is 0 Å². The Morgan fingerprint density at radius 1 is 0.351 bits per heavy atom. The maximum Gasteiger partial charge on any atom is 0.182 e. The van der Waals surface area contributed by atoms with E-state index >= 15 is 0 Å². The summed E-state index contributed by atoms with van der Waals surface area (Å²) in [7, 11) is 0. The molecule has 6 nitrogen and oxygen atoms in total. The molecule has 0 aliphatic heterocycles. The number of hydrogen-bond acceptors (Lipinski definition) is 6. The highest BCUT2D eigenvalue weighted by Gasteiger charge is 2.19. The summed E-state index contributed by atoms with van der Waals surface area (Å²) in [4.78, 5) is 9.98. The van der Waals surface area contributed by atoms with Gasteiger partial charge in [-0.3, -0.25) is 0 Å². The highest BCUT2D eigenvalue weighted by atomic mass is 15.2. The summed E-state index contributed by atoms with van der Waals surface area (Å²) < 4.78 is 0. The predicted molar refractivity (Wildman–Crippen MR) is 144 cm³/mol. The van der Waals surface area contributed by atoms with Crippen LogP contribution in [-0.4, -0.2) is 30.4 Å². The van der Waals surface area contributed by atoms with Crippen LogP contribution in [0.5, 0.6) is 0 Å². The second-order valence-electron chi connectivity index (χ2n) is 8.50. The third-order valence-electron chi connectivity index (χ3n) is 6.01. The summed E-state index contributed by atoms with van der Waals surface area (Å²) in [6.07, 6.45) is 0.416. The Bertz CT molecular complexity index is 1500. The van der Waals surface area contributed by atoms with Crippen LogP contribution >= 0.6 is 0 Å². The monoisotopic (exact) mass is 478 g/mol. The summed E-state index contributed by atoms with van der Waals surface area (Å²) in [5.41, 5.74) is 6.70. The van der Waals surface area contributed by atoms with Gasteiger partial charge in [-0.1, -0.05) is 121 Å². The summed E-state index contributed by atoms with van der Waals surface area (Å²) in [6, 6.07) is 39.7. The lowest BCUT2D eigenvalue weighted by molar-refractivity contribution is 0.888. The van der Waals surface area contributed by atoms with Gasteiger partial charge in [-0.2, -0.15) is 0 Å². The molecule has 0 spiro atoms. The van der Waals surface area contributed by atoms with E-state index in [9.17, 15) is 0 Å². The van der Waals surface area contributed by atoms with Crippen molar-refractivity contribution < 1.29 is 0 Å². The Balaban J connectivity index is 1.52. The zero-order valence-corrected chi connectivity index (χ0v) is 19.9. The molecule has 0 unspecified atom stereocenters. The van der Waals surface area contributed by atoms with Gasteiger partial charge in [0.15, 0.2) is 11.6 Å². The molecule has 0 amide bonds. The van der Waals surface area contributed by atoms with E-state index in [1.165, 1.54) is 0 Å². The summed E-state index contributed by atoms with van der Waals surface area (Å²) >= 11 is 0. The van der Waals surface area contributed by atoms with Crippen molar-refractivity contribution in [2.75, 3.05) is 0 Å². The van der Waals surface area contributed by atoms with Gasteiger partial charge in [0.25, 0.3) is 0 Å². The topological polar surface area (TPSA) is 77.3 Å². The highest BCUT2D eigenvalue weighted by molar-refractivity contribution is 5.67. The third-order valence-corrected chi connectivity index (χ3v) is 6.01. The maximum absolute atomic E-state index is 4.99. The fraction of sp³-hybridized carbons (Fsp3) is 0.0323. The van der Waals surface area contributed by atoms with Gasteiger partial charge >= 0.3 is 0 Å². The maximum atomic E-state index is 4.99. The van der Waals surface area contributed by atoms with E-state index in [1.807, 2.05) is 121 Å². The molecule has 2 heterocycles. The Hall–Kier alpha value is -5.10. The van der Waals surface area contributed by atoms with Crippen LogP contribution in [0.15, 0.2) is 121 Å². The minimum absolute atomic E-state index is 0.416. The molecule has 0 N–H and O–H groups in total.